The molecule has 4 amide bonds. The number of hydrogen-bond acceptors (Lipinski definition) is 9. The molecule has 0 radical (unpaired) electrons. The quantitative estimate of drug-likeness (QED) is 0.129. The summed E-state index contributed by atoms with van der Waals surface area (Å²) in [5.74, 6) is -0.655. The molecule has 5 aromatic rings. The first-order valence-electron chi connectivity index (χ1n) is 22.3. The number of hydrogen-bond donors (Lipinski definition) is 2. The molecule has 2 bridgehead atoms. The van der Waals surface area contributed by atoms with E-state index in [-0.39, 0.29) is 38.4 Å². The van der Waals surface area contributed by atoms with Crippen LogP contribution in [0.2, 0.25) is 10.0 Å². The van der Waals surface area contributed by atoms with E-state index in [1.807, 2.05) is 69.8 Å². The topological polar surface area (TPSA) is 151 Å². The number of rotatable bonds is 13. The summed E-state index contributed by atoms with van der Waals surface area (Å²) >= 11 is 12.8. The van der Waals surface area contributed by atoms with Gasteiger partial charge in [-0.3, -0.25) is 24.2 Å². The molecule has 3 aromatic carbocycles. The number of benzene rings is 3. The molecular formula is C50H58Cl2N8O6. The van der Waals surface area contributed by atoms with E-state index in [9.17, 15) is 9.59 Å². The lowest BCUT2D eigenvalue weighted by Crippen LogP contribution is -2.63. The van der Waals surface area contributed by atoms with Gasteiger partial charge >= 0.3 is 0 Å². The van der Waals surface area contributed by atoms with Crippen LogP contribution in [0.3, 0.4) is 0 Å². The molecule has 2 aromatic heterocycles. The molecule has 0 saturated carbocycles. The molecule has 348 valence electrons. The SMILES string of the molecule is COC[C@@H]1NC(=O)[C@H](C)N(Cc2ccc(Cl)cc2Oc2ccc(-c3cnc(CN(C)C)n3C)cc2)C(=O)C[C@@H](Cc2cccnc2)C(=O)N2CCCC[C@@](Cc3ccc(Cl)cc3)(C2)NC1=O. The van der Waals surface area contributed by atoms with Gasteiger partial charge in [0.1, 0.15) is 29.4 Å². The first-order chi connectivity index (χ1) is 31.7. The van der Waals surface area contributed by atoms with Gasteiger partial charge in [-0.05, 0) is 119 Å². The van der Waals surface area contributed by atoms with Gasteiger partial charge in [-0.15, -0.1) is 0 Å². The second-order valence-corrected chi connectivity index (χ2v) is 18.6. The summed E-state index contributed by atoms with van der Waals surface area (Å²) in [6.07, 6.45) is 7.65. The number of nitrogens with one attached hydrogen (secondary N) is 2. The van der Waals surface area contributed by atoms with Crippen molar-refractivity contribution >= 4 is 46.8 Å². The number of amides is 4. The number of imidazole rings is 1. The van der Waals surface area contributed by atoms with Gasteiger partial charge in [0.2, 0.25) is 23.6 Å². The fraction of sp³-hybridized carbons (Fsp3) is 0.400. The predicted octanol–water partition coefficient (Wildman–Crippen LogP) is 6.86. The molecule has 2 fully saturated rings. The van der Waals surface area contributed by atoms with Crippen molar-refractivity contribution in [3.05, 3.63) is 130 Å². The minimum absolute atomic E-state index is 0.0788. The number of fused-ring (bicyclic) bond motifs is 2. The summed E-state index contributed by atoms with van der Waals surface area (Å²) < 4.78 is 14.0. The van der Waals surface area contributed by atoms with Gasteiger partial charge in [0, 0.05) is 67.2 Å². The summed E-state index contributed by atoms with van der Waals surface area (Å²) in [4.78, 5) is 73.2. The molecule has 66 heavy (non-hydrogen) atoms. The lowest BCUT2D eigenvalue weighted by Gasteiger charge is -2.40. The highest BCUT2D eigenvalue weighted by atomic mass is 35.5. The number of ether oxygens (including phenoxy) is 2. The molecule has 4 atom stereocenters. The average Bonchev–Trinajstić information content (AvgIpc) is 3.51. The molecule has 2 aliphatic heterocycles. The van der Waals surface area contributed by atoms with Crippen LogP contribution in [0.15, 0.2) is 97.5 Å². The van der Waals surface area contributed by atoms with Gasteiger partial charge in [0.05, 0.1) is 43.0 Å². The Morgan fingerprint density at radius 2 is 1.67 bits per heavy atom. The van der Waals surface area contributed by atoms with Crippen molar-refractivity contribution in [2.45, 2.75) is 76.2 Å². The number of methoxy groups -OCH3 is 1. The van der Waals surface area contributed by atoms with Gasteiger partial charge in [-0.2, -0.15) is 0 Å². The zero-order valence-electron chi connectivity index (χ0n) is 38.1. The third-order valence-corrected chi connectivity index (χ3v) is 12.9. The highest BCUT2D eigenvalue weighted by Gasteiger charge is 2.42. The normalized spacial score (nSPS) is 21.0. The van der Waals surface area contributed by atoms with Crippen LogP contribution >= 0.6 is 23.2 Å². The minimum Gasteiger partial charge on any atom is -0.457 e. The maximum Gasteiger partial charge on any atom is 0.245 e. The molecule has 2 aliphatic rings. The zero-order valence-corrected chi connectivity index (χ0v) is 39.6. The van der Waals surface area contributed by atoms with Gasteiger partial charge in [-0.25, -0.2) is 4.98 Å². The summed E-state index contributed by atoms with van der Waals surface area (Å²) in [7, 11) is 7.44. The van der Waals surface area contributed by atoms with E-state index < -0.39 is 41.3 Å². The summed E-state index contributed by atoms with van der Waals surface area (Å²) in [6.45, 7) is 2.74. The van der Waals surface area contributed by atoms with Crippen molar-refractivity contribution in [3.63, 3.8) is 0 Å². The van der Waals surface area contributed by atoms with Crippen LogP contribution in [-0.2, 0) is 56.9 Å². The summed E-state index contributed by atoms with van der Waals surface area (Å²) in [5.41, 5.74) is 3.28. The third-order valence-electron chi connectivity index (χ3n) is 12.4. The van der Waals surface area contributed by atoms with Gasteiger partial charge in [0.15, 0.2) is 0 Å². The standard InChI is InChI=1S/C50H58Cl2N8O6/c1-33-47(62)55-42(31-65-5)48(63)56-50(26-34-10-15-39(51)16-11-34)20-6-7-22-59(32-50)49(64)38(23-35-9-8-21-53-27-35)24-46(61)60(33)29-37-12-17-40(52)25-44(37)66-41-18-13-36(14-19-41)43-28-54-45(58(43)4)30-57(2)3/h8-19,21,25,27-28,33,38,42H,6-7,20,22-24,26,29-32H2,1-5H3,(H,55,62)(H,56,63)/t33-,38+,42-,50+/m0/s1. The summed E-state index contributed by atoms with van der Waals surface area (Å²) in [5, 5.41) is 7.20. The first-order valence-corrected chi connectivity index (χ1v) is 23.0. The van der Waals surface area contributed by atoms with Crippen molar-refractivity contribution in [2.75, 3.05) is 40.9 Å². The van der Waals surface area contributed by atoms with Crippen LogP contribution in [-0.4, -0.2) is 111 Å². The molecule has 0 aliphatic carbocycles. The molecule has 0 unspecified atom stereocenters. The van der Waals surface area contributed by atoms with E-state index in [1.54, 1.807) is 60.6 Å². The Hall–Kier alpha value is -5.80. The molecule has 2 N–H and O–H groups in total. The molecule has 7 rings (SSSR count). The predicted molar refractivity (Wildman–Crippen MR) is 254 cm³/mol. The Kier molecular flexibility index (Phi) is 15.8. The van der Waals surface area contributed by atoms with E-state index in [4.69, 9.17) is 32.7 Å². The molecule has 0 spiro atoms. The number of pyridine rings is 1. The van der Waals surface area contributed by atoms with Crippen LogP contribution in [0.1, 0.15) is 55.1 Å². The number of halogens is 2. The van der Waals surface area contributed by atoms with E-state index in [0.717, 1.165) is 34.6 Å². The Labute approximate surface area is 396 Å². The van der Waals surface area contributed by atoms with Crippen LogP contribution in [0.5, 0.6) is 11.5 Å². The monoisotopic (exact) mass is 936 g/mol. The van der Waals surface area contributed by atoms with E-state index in [1.165, 1.54) is 12.0 Å². The second-order valence-electron chi connectivity index (χ2n) is 17.7. The second kappa shape index (κ2) is 21.7. The molecule has 14 nitrogen and oxygen atoms in total. The number of aromatic nitrogens is 3. The highest BCUT2D eigenvalue weighted by molar-refractivity contribution is 6.31. The van der Waals surface area contributed by atoms with Crippen molar-refractivity contribution in [2.24, 2.45) is 13.0 Å². The molecule has 2 saturated heterocycles. The average molecular weight is 938 g/mol. The van der Waals surface area contributed by atoms with Crippen molar-refractivity contribution < 1.29 is 28.7 Å². The minimum atomic E-state index is -1.11. The largest absolute Gasteiger partial charge is 0.457 e. The van der Waals surface area contributed by atoms with Crippen molar-refractivity contribution in [1.29, 1.82) is 0 Å². The van der Waals surface area contributed by atoms with Gasteiger partial charge in [0.25, 0.3) is 0 Å². The van der Waals surface area contributed by atoms with Crippen LogP contribution in [0.4, 0.5) is 0 Å². The Bertz CT molecular complexity index is 2490. The lowest BCUT2D eigenvalue weighted by atomic mass is 9.85. The van der Waals surface area contributed by atoms with Crippen LogP contribution < -0.4 is 15.4 Å². The molecule has 4 heterocycles. The van der Waals surface area contributed by atoms with Crippen molar-refractivity contribution in [3.8, 4) is 22.8 Å². The van der Waals surface area contributed by atoms with Gasteiger partial charge < -0.3 is 39.4 Å². The van der Waals surface area contributed by atoms with E-state index in [0.29, 0.717) is 59.5 Å². The zero-order chi connectivity index (χ0) is 47.0. The fourth-order valence-corrected chi connectivity index (χ4v) is 9.16. The van der Waals surface area contributed by atoms with E-state index >= 15 is 9.59 Å². The van der Waals surface area contributed by atoms with Crippen molar-refractivity contribution in [1.82, 2.24) is 39.9 Å². The van der Waals surface area contributed by atoms with Gasteiger partial charge in [-0.1, -0.05) is 47.5 Å². The Morgan fingerprint density at radius 1 is 0.909 bits per heavy atom. The van der Waals surface area contributed by atoms with Crippen LogP contribution in [0.25, 0.3) is 11.3 Å². The van der Waals surface area contributed by atoms with Crippen LogP contribution in [0, 0.1) is 5.92 Å². The lowest BCUT2D eigenvalue weighted by molar-refractivity contribution is -0.146. The number of nitrogens with zero attached hydrogens (tertiary/aromatic N) is 6. The first kappa shape index (κ1) is 48.1. The molecular weight excluding hydrogens is 880 g/mol. The number of carbonyl (C=O) groups excluding carboxylic acids is 4. The Morgan fingerprint density at radius 3 is 2.38 bits per heavy atom. The molecule has 16 heteroatoms. The fourth-order valence-electron chi connectivity index (χ4n) is 8.87. The summed E-state index contributed by atoms with van der Waals surface area (Å²) in [6, 6.07) is 21.6. The third kappa shape index (κ3) is 12.0. The number of carbonyl (C=O) groups is 4. The maximum atomic E-state index is 15.1. The Balaban J connectivity index is 1.22. The smallest absolute Gasteiger partial charge is 0.245 e. The maximum absolute atomic E-state index is 15.1. The highest BCUT2D eigenvalue weighted by Crippen LogP contribution is 2.33. The van der Waals surface area contributed by atoms with E-state index in [2.05, 4.69) is 30.1 Å².